The number of carbonyl (C=O) groups excluding carboxylic acids is 1. The number of benzene rings is 2. The molecule has 0 aliphatic carbocycles. The molecule has 120 valence electrons. The smallest absolute Gasteiger partial charge is 0.341 e. The quantitative estimate of drug-likeness (QED) is 0.339. The van der Waals surface area contributed by atoms with Crippen molar-refractivity contribution >= 4 is 49.1 Å². The first-order valence-electron chi connectivity index (χ1n) is 7.92. The van der Waals surface area contributed by atoms with Crippen LogP contribution in [0.25, 0.3) is 27.2 Å². The molecule has 0 radical (unpaired) electrons. The van der Waals surface area contributed by atoms with E-state index in [1.807, 2.05) is 38.1 Å². The Labute approximate surface area is 148 Å². The number of aromatic nitrogens is 1. The van der Waals surface area contributed by atoms with Crippen LogP contribution in [0.3, 0.4) is 0 Å². The number of rotatable bonds is 2. The fraction of sp³-hybridized carbons (Fsp3) is 0.150. The SMILES string of the molecule is CCOC(=O)c1c(Br)c2c3ccccc3c3ccccc3n2c1C. The summed E-state index contributed by atoms with van der Waals surface area (Å²) in [6.07, 6.45) is 0. The lowest BCUT2D eigenvalue weighted by molar-refractivity contribution is 0.0524. The maximum Gasteiger partial charge on any atom is 0.341 e. The lowest BCUT2D eigenvalue weighted by Crippen LogP contribution is -2.06. The van der Waals surface area contributed by atoms with Gasteiger partial charge in [-0.05, 0) is 41.2 Å². The monoisotopic (exact) mass is 381 g/mol. The van der Waals surface area contributed by atoms with Crippen LogP contribution >= 0.6 is 15.9 Å². The minimum absolute atomic E-state index is 0.293. The lowest BCUT2D eigenvalue weighted by atomic mass is 10.1. The van der Waals surface area contributed by atoms with Crippen LogP contribution in [0.4, 0.5) is 0 Å². The van der Waals surface area contributed by atoms with Crippen LogP contribution in [0.5, 0.6) is 0 Å². The molecule has 0 unspecified atom stereocenters. The highest BCUT2D eigenvalue weighted by molar-refractivity contribution is 9.10. The van der Waals surface area contributed by atoms with Gasteiger partial charge < -0.3 is 9.14 Å². The zero-order valence-corrected chi connectivity index (χ0v) is 15.1. The molecule has 0 aliphatic rings. The first-order chi connectivity index (χ1) is 11.6. The highest BCUT2D eigenvalue weighted by Gasteiger charge is 2.24. The zero-order valence-electron chi connectivity index (χ0n) is 13.5. The largest absolute Gasteiger partial charge is 0.462 e. The Hall–Kier alpha value is -2.33. The molecule has 0 atom stereocenters. The summed E-state index contributed by atoms with van der Waals surface area (Å²) in [5, 5.41) is 3.46. The van der Waals surface area contributed by atoms with Crippen molar-refractivity contribution in [2.75, 3.05) is 6.61 Å². The Morgan fingerprint density at radius 3 is 2.38 bits per heavy atom. The molecule has 0 spiro atoms. The number of hydrogen-bond donors (Lipinski definition) is 0. The van der Waals surface area contributed by atoms with Gasteiger partial charge in [0.05, 0.1) is 27.7 Å². The summed E-state index contributed by atoms with van der Waals surface area (Å²) in [6, 6.07) is 16.6. The first-order valence-corrected chi connectivity index (χ1v) is 8.71. The third kappa shape index (κ3) is 1.99. The average molecular weight is 382 g/mol. The van der Waals surface area contributed by atoms with Gasteiger partial charge in [0.15, 0.2) is 0 Å². The summed E-state index contributed by atoms with van der Waals surface area (Å²) in [7, 11) is 0. The van der Waals surface area contributed by atoms with E-state index in [1.54, 1.807) is 0 Å². The predicted molar refractivity (Wildman–Crippen MR) is 101 cm³/mol. The predicted octanol–water partition coefficient (Wildman–Crippen LogP) is 5.49. The molecular formula is C20H16BrNO2. The van der Waals surface area contributed by atoms with Gasteiger partial charge in [0.1, 0.15) is 0 Å². The van der Waals surface area contributed by atoms with E-state index in [0.717, 1.165) is 26.6 Å². The lowest BCUT2D eigenvalue weighted by Gasteiger charge is -2.10. The molecule has 0 saturated carbocycles. The fourth-order valence-corrected chi connectivity index (χ4v) is 4.30. The van der Waals surface area contributed by atoms with E-state index in [2.05, 4.69) is 44.6 Å². The number of ether oxygens (including phenoxy) is 1. The van der Waals surface area contributed by atoms with Gasteiger partial charge in [-0.1, -0.05) is 42.5 Å². The topological polar surface area (TPSA) is 30.7 Å². The highest BCUT2D eigenvalue weighted by Crippen LogP contribution is 2.38. The van der Waals surface area contributed by atoms with Crippen molar-refractivity contribution in [1.29, 1.82) is 0 Å². The molecule has 0 fully saturated rings. The fourth-order valence-electron chi connectivity index (χ4n) is 3.46. The Balaban J connectivity index is 2.28. The second-order valence-corrected chi connectivity index (χ2v) is 6.53. The summed E-state index contributed by atoms with van der Waals surface area (Å²) < 4.78 is 8.20. The number of esters is 1. The van der Waals surface area contributed by atoms with E-state index in [0.29, 0.717) is 12.2 Å². The summed E-state index contributed by atoms with van der Waals surface area (Å²) >= 11 is 3.66. The van der Waals surface area contributed by atoms with Crippen molar-refractivity contribution < 1.29 is 9.53 Å². The van der Waals surface area contributed by atoms with Crippen LogP contribution in [0.1, 0.15) is 23.0 Å². The number of halogens is 1. The van der Waals surface area contributed by atoms with Crippen LogP contribution in [0.2, 0.25) is 0 Å². The van der Waals surface area contributed by atoms with Gasteiger partial charge in [0.25, 0.3) is 0 Å². The summed E-state index contributed by atoms with van der Waals surface area (Å²) in [6.45, 7) is 4.14. The molecule has 0 bridgehead atoms. The number of carbonyl (C=O) groups is 1. The number of pyridine rings is 1. The third-order valence-electron chi connectivity index (χ3n) is 4.45. The zero-order chi connectivity index (χ0) is 16.8. The second-order valence-electron chi connectivity index (χ2n) is 5.74. The van der Waals surface area contributed by atoms with Crippen molar-refractivity contribution in [3.8, 4) is 0 Å². The molecule has 0 aliphatic heterocycles. The molecule has 4 aromatic rings. The number of para-hydroxylation sites is 1. The summed E-state index contributed by atoms with van der Waals surface area (Å²) in [4.78, 5) is 12.5. The molecular weight excluding hydrogens is 366 g/mol. The van der Waals surface area contributed by atoms with Gasteiger partial charge in [-0.3, -0.25) is 0 Å². The van der Waals surface area contributed by atoms with Crippen LogP contribution in [0.15, 0.2) is 53.0 Å². The normalized spacial score (nSPS) is 11.5. The van der Waals surface area contributed by atoms with Crippen molar-refractivity contribution in [1.82, 2.24) is 4.40 Å². The van der Waals surface area contributed by atoms with Crippen molar-refractivity contribution in [2.24, 2.45) is 0 Å². The standard InChI is InChI=1S/C20H16BrNO2/c1-3-24-20(23)17-12(2)22-16-11-7-6-9-14(16)13-8-4-5-10-15(13)19(22)18(17)21/h4-11H,3H2,1-2H3. The number of hydrogen-bond acceptors (Lipinski definition) is 2. The summed E-state index contributed by atoms with van der Waals surface area (Å²) in [5.41, 5.74) is 3.57. The molecule has 2 heterocycles. The van der Waals surface area contributed by atoms with Gasteiger partial charge in [-0.25, -0.2) is 4.79 Å². The van der Waals surface area contributed by atoms with Crippen LogP contribution in [-0.4, -0.2) is 17.0 Å². The summed E-state index contributed by atoms with van der Waals surface area (Å²) in [5.74, 6) is -0.293. The van der Waals surface area contributed by atoms with Crippen molar-refractivity contribution in [3.05, 3.63) is 64.3 Å². The van der Waals surface area contributed by atoms with Gasteiger partial charge >= 0.3 is 5.97 Å². The Morgan fingerprint density at radius 2 is 1.67 bits per heavy atom. The van der Waals surface area contributed by atoms with Crippen molar-refractivity contribution in [3.63, 3.8) is 0 Å². The number of fused-ring (bicyclic) bond motifs is 6. The van der Waals surface area contributed by atoms with Crippen LogP contribution in [-0.2, 0) is 4.74 Å². The van der Waals surface area contributed by atoms with E-state index >= 15 is 0 Å². The van der Waals surface area contributed by atoms with Crippen molar-refractivity contribution in [2.45, 2.75) is 13.8 Å². The second kappa shape index (κ2) is 5.64. The van der Waals surface area contributed by atoms with Gasteiger partial charge in [-0.15, -0.1) is 0 Å². The molecule has 0 N–H and O–H groups in total. The minimum atomic E-state index is -0.293. The Morgan fingerprint density at radius 1 is 1.04 bits per heavy atom. The number of aryl methyl sites for hydroxylation is 1. The molecule has 0 amide bonds. The molecule has 3 nitrogen and oxygen atoms in total. The van der Waals surface area contributed by atoms with Crippen LogP contribution < -0.4 is 0 Å². The average Bonchev–Trinajstić information content (AvgIpc) is 2.87. The molecule has 4 rings (SSSR count). The molecule has 2 aromatic heterocycles. The minimum Gasteiger partial charge on any atom is -0.462 e. The van der Waals surface area contributed by atoms with Gasteiger partial charge in [-0.2, -0.15) is 0 Å². The van der Waals surface area contributed by atoms with E-state index in [9.17, 15) is 4.79 Å². The van der Waals surface area contributed by atoms with Crippen LogP contribution in [0, 0.1) is 6.92 Å². The van der Waals surface area contributed by atoms with Gasteiger partial charge in [0, 0.05) is 16.5 Å². The maximum atomic E-state index is 12.5. The molecule has 4 heteroatoms. The van der Waals surface area contributed by atoms with Gasteiger partial charge in [0.2, 0.25) is 0 Å². The Kier molecular flexibility index (Phi) is 3.57. The Bertz CT molecular complexity index is 1030. The third-order valence-corrected chi connectivity index (χ3v) is 5.22. The first kappa shape index (κ1) is 15.2. The highest BCUT2D eigenvalue weighted by atomic mass is 79.9. The van der Waals surface area contributed by atoms with E-state index in [4.69, 9.17) is 4.74 Å². The molecule has 0 saturated heterocycles. The van der Waals surface area contributed by atoms with E-state index < -0.39 is 0 Å². The van der Waals surface area contributed by atoms with E-state index in [1.165, 1.54) is 10.8 Å². The molecule has 24 heavy (non-hydrogen) atoms. The number of nitrogens with zero attached hydrogens (tertiary/aromatic N) is 1. The maximum absolute atomic E-state index is 12.5. The van der Waals surface area contributed by atoms with E-state index in [-0.39, 0.29) is 5.97 Å². The molecule has 2 aromatic carbocycles.